The van der Waals surface area contributed by atoms with Gasteiger partial charge in [-0.2, -0.15) is 9.27 Å². The van der Waals surface area contributed by atoms with Crippen molar-refractivity contribution in [1.82, 2.24) is 20.8 Å². The summed E-state index contributed by atoms with van der Waals surface area (Å²) in [7, 11) is 0. The number of hydrogen-bond donors (Lipinski definition) is 4. The van der Waals surface area contributed by atoms with Crippen LogP contribution in [0.25, 0.3) is 0 Å². The Morgan fingerprint density at radius 3 is 2.89 bits per heavy atom. The second kappa shape index (κ2) is 8.48. The lowest BCUT2D eigenvalue weighted by atomic mass is 10.0. The van der Waals surface area contributed by atoms with Crippen molar-refractivity contribution in [2.45, 2.75) is 43.8 Å². The minimum Gasteiger partial charge on any atom is -0.370 e. The van der Waals surface area contributed by atoms with Crippen molar-refractivity contribution in [1.29, 1.82) is 0 Å². The minimum absolute atomic E-state index is 0.00206. The van der Waals surface area contributed by atoms with E-state index in [1.54, 1.807) is 0 Å². The predicted molar refractivity (Wildman–Crippen MR) is 90.4 cm³/mol. The van der Waals surface area contributed by atoms with Gasteiger partial charge in [0, 0.05) is 19.0 Å². The Labute approximate surface area is 158 Å². The molecule has 3 unspecified atom stereocenters. The topological polar surface area (TPSA) is 164 Å². The summed E-state index contributed by atoms with van der Waals surface area (Å²) in [5, 5.41) is 4.05. The first-order valence-corrected chi connectivity index (χ1v) is 9.70. The predicted octanol–water partition coefficient (Wildman–Crippen LogP) is -1.78. The van der Waals surface area contributed by atoms with E-state index >= 15 is 0 Å². The van der Waals surface area contributed by atoms with Crippen molar-refractivity contribution >= 4 is 29.2 Å². The Hall–Kier alpha value is -1.80. The van der Waals surface area contributed by atoms with Gasteiger partial charge < -0.3 is 16.0 Å². The van der Waals surface area contributed by atoms with Gasteiger partial charge in [0.25, 0.3) is 5.91 Å². The molecule has 27 heavy (non-hydrogen) atoms. The van der Waals surface area contributed by atoms with Crippen molar-refractivity contribution in [3.8, 4) is 0 Å². The first-order chi connectivity index (χ1) is 12.8. The summed E-state index contributed by atoms with van der Waals surface area (Å²) < 4.78 is 24.2. The normalized spacial score (nSPS) is 31.2. The fourth-order valence-corrected chi connectivity index (χ4v) is 4.14. The molecule has 2 bridgehead atoms. The molecule has 0 saturated carbocycles. The number of primary amides is 1. The van der Waals surface area contributed by atoms with Gasteiger partial charge >= 0.3 is 17.4 Å². The van der Waals surface area contributed by atoms with Crippen molar-refractivity contribution in [3.63, 3.8) is 0 Å². The lowest BCUT2D eigenvalue weighted by molar-refractivity contribution is -0.139. The fourth-order valence-electron chi connectivity index (χ4n) is 3.82. The number of urea groups is 1. The van der Waals surface area contributed by atoms with Crippen molar-refractivity contribution in [2.24, 2.45) is 11.7 Å². The van der Waals surface area contributed by atoms with Crippen LogP contribution >= 0.6 is 0 Å². The molecule has 152 valence electrons. The molecule has 12 nitrogen and oxygen atoms in total. The van der Waals surface area contributed by atoms with Crippen LogP contribution in [-0.4, -0.2) is 74.4 Å². The number of fused-ring (bicyclic) bond motifs is 2. The third kappa shape index (κ3) is 4.73. The minimum atomic E-state index is -2.60. The number of nitrogens with zero attached hydrogens (tertiary/aromatic N) is 2. The van der Waals surface area contributed by atoms with Crippen LogP contribution in [0.3, 0.4) is 0 Å². The van der Waals surface area contributed by atoms with Gasteiger partial charge in [0.1, 0.15) is 6.04 Å². The van der Waals surface area contributed by atoms with Gasteiger partial charge in [-0.1, -0.05) is 0 Å². The van der Waals surface area contributed by atoms with E-state index in [9.17, 15) is 18.6 Å². The standard InChI is InChI=1S/C14H23N5O7S/c15-12(20)4-8-3-9(16-5-8)7-25-17-13(21)11-2-1-10-6-18(11)14(22)19(10)26-27(23)24/h8-11,16H,1-7H2,(H2,15,20)(H,17,21)(H,23,24)/t8-,9-,10?,11?/m1/s1. The zero-order chi connectivity index (χ0) is 19.6. The van der Waals surface area contributed by atoms with E-state index in [-0.39, 0.29) is 37.1 Å². The SMILES string of the molecule is NC(=O)C[C@@H]1CN[C@@H](CONC(=O)C2CCC3CN2C(=O)N3OS(=O)O)C1. The van der Waals surface area contributed by atoms with Gasteiger partial charge in [-0.3, -0.25) is 19.0 Å². The van der Waals surface area contributed by atoms with E-state index in [1.807, 2.05) is 0 Å². The average molecular weight is 405 g/mol. The second-order valence-electron chi connectivity index (χ2n) is 6.95. The third-order valence-electron chi connectivity index (χ3n) is 5.03. The highest BCUT2D eigenvalue weighted by atomic mass is 32.2. The van der Waals surface area contributed by atoms with E-state index in [0.717, 1.165) is 11.5 Å². The third-order valence-corrected chi connectivity index (χ3v) is 5.32. The number of nitrogens with two attached hydrogens (primary N) is 1. The van der Waals surface area contributed by atoms with Crippen LogP contribution in [-0.2, 0) is 30.1 Å². The zero-order valence-corrected chi connectivity index (χ0v) is 15.4. The summed E-state index contributed by atoms with van der Waals surface area (Å²) in [4.78, 5) is 42.1. The molecule has 3 fully saturated rings. The summed E-state index contributed by atoms with van der Waals surface area (Å²) in [6, 6.07) is -1.70. The van der Waals surface area contributed by atoms with Crippen LogP contribution in [0.4, 0.5) is 4.79 Å². The van der Waals surface area contributed by atoms with Crippen molar-refractivity contribution in [2.75, 3.05) is 19.7 Å². The lowest BCUT2D eigenvalue weighted by Crippen LogP contribution is -2.50. The molecule has 3 aliphatic heterocycles. The highest BCUT2D eigenvalue weighted by Gasteiger charge is 2.48. The molecule has 0 radical (unpaired) electrons. The Morgan fingerprint density at radius 2 is 2.19 bits per heavy atom. The van der Waals surface area contributed by atoms with Gasteiger partial charge in [0.15, 0.2) is 0 Å². The number of hydrogen-bond acceptors (Lipinski definition) is 7. The molecule has 3 aliphatic rings. The molecule has 13 heteroatoms. The maximum absolute atomic E-state index is 12.4. The number of hydroxylamine groups is 3. The quantitative estimate of drug-likeness (QED) is 0.272. The lowest BCUT2D eigenvalue weighted by Gasteiger charge is -2.29. The van der Waals surface area contributed by atoms with E-state index in [2.05, 4.69) is 15.1 Å². The van der Waals surface area contributed by atoms with Crippen LogP contribution in [0.1, 0.15) is 25.7 Å². The van der Waals surface area contributed by atoms with Crippen LogP contribution in [0.5, 0.6) is 0 Å². The summed E-state index contributed by atoms with van der Waals surface area (Å²) in [6.07, 6.45) is 1.90. The van der Waals surface area contributed by atoms with Gasteiger partial charge in [0.2, 0.25) is 5.91 Å². The molecule has 5 atom stereocenters. The highest BCUT2D eigenvalue weighted by molar-refractivity contribution is 7.74. The number of nitrogens with one attached hydrogen (secondary N) is 2. The Balaban J connectivity index is 1.43. The molecule has 0 aromatic rings. The molecule has 4 amide bonds. The summed E-state index contributed by atoms with van der Waals surface area (Å²) in [5.74, 6) is -0.640. The Bertz CT molecular complexity index is 635. The molecule has 3 rings (SSSR count). The van der Waals surface area contributed by atoms with Crippen LogP contribution in [0.15, 0.2) is 0 Å². The van der Waals surface area contributed by atoms with Gasteiger partial charge in [-0.05, 0) is 31.7 Å². The van der Waals surface area contributed by atoms with E-state index < -0.39 is 29.3 Å². The molecule has 0 spiro atoms. The summed E-state index contributed by atoms with van der Waals surface area (Å²) >= 11 is -2.60. The fraction of sp³-hybridized carbons (Fsp3) is 0.786. The summed E-state index contributed by atoms with van der Waals surface area (Å²) in [6.45, 7) is 1.13. The van der Waals surface area contributed by atoms with Crippen molar-refractivity contribution in [3.05, 3.63) is 0 Å². The smallest absolute Gasteiger partial charge is 0.346 e. The van der Waals surface area contributed by atoms with Gasteiger partial charge in [-0.25, -0.2) is 10.3 Å². The van der Waals surface area contributed by atoms with E-state index in [1.165, 1.54) is 4.90 Å². The van der Waals surface area contributed by atoms with Crippen LogP contribution in [0.2, 0.25) is 0 Å². The van der Waals surface area contributed by atoms with E-state index in [4.69, 9.17) is 15.1 Å². The molecule has 0 aromatic heterocycles. The number of rotatable bonds is 8. The van der Waals surface area contributed by atoms with E-state index in [0.29, 0.717) is 25.8 Å². The number of carbonyl (C=O) groups excluding carboxylic acids is 3. The average Bonchev–Trinajstić information content (AvgIpc) is 3.12. The molecule has 3 heterocycles. The van der Waals surface area contributed by atoms with Crippen molar-refractivity contribution < 1.29 is 32.3 Å². The van der Waals surface area contributed by atoms with Crippen LogP contribution in [0, 0.1) is 5.92 Å². The Kier molecular flexibility index (Phi) is 6.26. The molecule has 0 aliphatic carbocycles. The molecular formula is C14H23N5O7S. The van der Waals surface area contributed by atoms with Gasteiger partial charge in [0.05, 0.1) is 12.6 Å². The zero-order valence-electron chi connectivity index (χ0n) is 14.5. The summed E-state index contributed by atoms with van der Waals surface area (Å²) in [5.41, 5.74) is 7.55. The van der Waals surface area contributed by atoms with Gasteiger partial charge in [-0.15, -0.1) is 4.28 Å². The number of amides is 4. The maximum Gasteiger partial charge on any atom is 0.346 e. The molecule has 3 saturated heterocycles. The monoisotopic (exact) mass is 405 g/mol. The first-order valence-electron chi connectivity index (χ1n) is 8.67. The number of piperidine rings is 1. The highest BCUT2D eigenvalue weighted by Crippen LogP contribution is 2.30. The number of carbonyl (C=O) groups is 3. The second-order valence-corrected chi connectivity index (χ2v) is 7.54. The molecule has 0 aromatic carbocycles. The maximum atomic E-state index is 12.4. The molecule has 5 N–H and O–H groups in total. The first kappa shape index (κ1) is 19.9. The Morgan fingerprint density at radius 1 is 1.41 bits per heavy atom. The molecular weight excluding hydrogens is 382 g/mol. The van der Waals surface area contributed by atoms with Crippen LogP contribution < -0.4 is 16.5 Å². The largest absolute Gasteiger partial charge is 0.370 e.